The Balaban J connectivity index is 2.80. The van der Waals surface area contributed by atoms with Gasteiger partial charge in [-0.3, -0.25) is 5.10 Å². The summed E-state index contributed by atoms with van der Waals surface area (Å²) in [5, 5.41) is 6.47. The molecule has 0 saturated heterocycles. The number of hydrogen-bond donors (Lipinski definition) is 1. The zero-order chi connectivity index (χ0) is 6.69. The van der Waals surface area contributed by atoms with Crippen LogP contribution >= 0.6 is 0 Å². The molecule has 1 rings (SSSR count). The van der Waals surface area contributed by atoms with Crippen molar-refractivity contribution in [2.45, 2.75) is 12.8 Å². The topological polar surface area (TPSA) is 28.7 Å². The molecule has 9 heavy (non-hydrogen) atoms. The Kier molecular flexibility index (Phi) is 1.55. The summed E-state index contributed by atoms with van der Waals surface area (Å²) >= 11 is 0. The summed E-state index contributed by atoms with van der Waals surface area (Å²) in [6.45, 7) is 1.96. The van der Waals surface area contributed by atoms with E-state index in [1.54, 1.807) is 6.20 Å². The first-order valence-electron chi connectivity index (χ1n) is 2.79. The van der Waals surface area contributed by atoms with Gasteiger partial charge in [0.05, 0.1) is 6.20 Å². The van der Waals surface area contributed by atoms with Crippen LogP contribution in [0.1, 0.15) is 18.4 Å². The summed E-state index contributed by atoms with van der Waals surface area (Å²) in [4.78, 5) is 0. The van der Waals surface area contributed by atoms with Crippen LogP contribution < -0.4 is 0 Å². The molecular weight excluding hydrogens is 112 g/mol. The van der Waals surface area contributed by atoms with Crippen molar-refractivity contribution >= 4 is 0 Å². The third-order valence-corrected chi connectivity index (χ3v) is 1.27. The molecule has 0 aliphatic carbocycles. The number of nitrogens with zero attached hydrogens (tertiary/aromatic N) is 1. The number of hydrogen-bond acceptors (Lipinski definition) is 1. The SMILES string of the molecule is C#CC(C)c1cn[nH]c1. The van der Waals surface area contributed by atoms with Gasteiger partial charge >= 0.3 is 0 Å². The summed E-state index contributed by atoms with van der Waals surface area (Å²) < 4.78 is 0. The van der Waals surface area contributed by atoms with Gasteiger partial charge in [0.2, 0.25) is 0 Å². The molecule has 1 unspecified atom stereocenters. The highest BCUT2D eigenvalue weighted by molar-refractivity contribution is 5.18. The highest BCUT2D eigenvalue weighted by Crippen LogP contribution is 2.09. The number of H-pyrrole nitrogens is 1. The van der Waals surface area contributed by atoms with Gasteiger partial charge in [0.25, 0.3) is 0 Å². The second-order valence-electron chi connectivity index (χ2n) is 1.92. The molecule has 1 N–H and O–H groups in total. The fourth-order valence-electron chi connectivity index (χ4n) is 0.594. The number of rotatable bonds is 1. The Morgan fingerprint density at radius 2 is 2.67 bits per heavy atom. The second-order valence-corrected chi connectivity index (χ2v) is 1.92. The minimum atomic E-state index is 0.170. The summed E-state index contributed by atoms with van der Waals surface area (Å²) in [6.07, 6.45) is 8.72. The molecule has 1 aromatic rings. The summed E-state index contributed by atoms with van der Waals surface area (Å²) in [5.41, 5.74) is 1.07. The smallest absolute Gasteiger partial charge is 0.0531 e. The molecule has 1 atom stereocenters. The monoisotopic (exact) mass is 120 g/mol. The Labute approximate surface area is 54.3 Å². The maximum atomic E-state index is 5.17. The van der Waals surface area contributed by atoms with E-state index in [4.69, 9.17) is 6.42 Å². The van der Waals surface area contributed by atoms with Gasteiger partial charge in [0.15, 0.2) is 0 Å². The molecule has 0 bridgehead atoms. The van der Waals surface area contributed by atoms with Crippen molar-refractivity contribution in [3.63, 3.8) is 0 Å². The van der Waals surface area contributed by atoms with Gasteiger partial charge in [-0.25, -0.2) is 0 Å². The predicted octanol–water partition coefficient (Wildman–Crippen LogP) is 1.15. The molecule has 0 fully saturated rings. The molecule has 0 saturated carbocycles. The summed E-state index contributed by atoms with van der Waals surface area (Å²) in [6, 6.07) is 0. The molecule has 2 nitrogen and oxygen atoms in total. The minimum absolute atomic E-state index is 0.170. The molecular formula is C7H8N2. The quantitative estimate of drug-likeness (QED) is 0.553. The van der Waals surface area contributed by atoms with Crippen molar-refractivity contribution in [2.24, 2.45) is 0 Å². The molecule has 0 aliphatic rings. The highest BCUT2D eigenvalue weighted by atomic mass is 15.1. The highest BCUT2D eigenvalue weighted by Gasteiger charge is 1.99. The Morgan fingerprint density at radius 3 is 3.11 bits per heavy atom. The van der Waals surface area contributed by atoms with Gasteiger partial charge in [0, 0.05) is 17.7 Å². The molecule has 0 aliphatic heterocycles. The van der Waals surface area contributed by atoms with E-state index in [1.165, 1.54) is 0 Å². The van der Waals surface area contributed by atoms with Crippen molar-refractivity contribution < 1.29 is 0 Å². The van der Waals surface area contributed by atoms with Crippen molar-refractivity contribution in [1.29, 1.82) is 0 Å². The summed E-state index contributed by atoms with van der Waals surface area (Å²) in [5.74, 6) is 2.78. The van der Waals surface area contributed by atoms with E-state index in [-0.39, 0.29) is 5.92 Å². The first-order valence-corrected chi connectivity index (χ1v) is 2.79. The molecule has 0 radical (unpaired) electrons. The molecule has 46 valence electrons. The number of aromatic amines is 1. The average Bonchev–Trinajstić information content (AvgIpc) is 2.37. The lowest BCUT2D eigenvalue weighted by molar-refractivity contribution is 1.01. The van der Waals surface area contributed by atoms with Crippen LogP contribution in [0.15, 0.2) is 12.4 Å². The van der Waals surface area contributed by atoms with Crippen LogP contribution in [0.2, 0.25) is 0 Å². The van der Waals surface area contributed by atoms with Crippen molar-refractivity contribution in [1.82, 2.24) is 10.2 Å². The lowest BCUT2D eigenvalue weighted by Gasteiger charge is -1.94. The molecule has 0 aromatic carbocycles. The zero-order valence-corrected chi connectivity index (χ0v) is 5.26. The van der Waals surface area contributed by atoms with Crippen LogP contribution in [-0.2, 0) is 0 Å². The van der Waals surface area contributed by atoms with Crippen molar-refractivity contribution in [3.8, 4) is 12.3 Å². The lowest BCUT2D eigenvalue weighted by atomic mass is 10.1. The van der Waals surface area contributed by atoms with E-state index >= 15 is 0 Å². The Bertz CT molecular complexity index is 205. The molecule has 0 amide bonds. The average molecular weight is 120 g/mol. The fourth-order valence-corrected chi connectivity index (χ4v) is 0.594. The maximum absolute atomic E-state index is 5.17. The van der Waals surface area contributed by atoms with Crippen LogP contribution in [0.4, 0.5) is 0 Å². The first kappa shape index (κ1) is 5.90. The molecule has 2 heteroatoms. The fraction of sp³-hybridized carbons (Fsp3) is 0.286. The standard InChI is InChI=1S/C7H8N2/c1-3-6(2)7-4-8-9-5-7/h1,4-6H,2H3,(H,8,9). The van der Waals surface area contributed by atoms with E-state index in [9.17, 15) is 0 Å². The third kappa shape index (κ3) is 1.11. The maximum Gasteiger partial charge on any atom is 0.0531 e. The molecule has 1 aromatic heterocycles. The Morgan fingerprint density at radius 1 is 1.89 bits per heavy atom. The molecule has 0 spiro atoms. The van der Waals surface area contributed by atoms with Crippen LogP contribution in [0.3, 0.4) is 0 Å². The number of aromatic nitrogens is 2. The van der Waals surface area contributed by atoms with Crippen LogP contribution in [0.5, 0.6) is 0 Å². The Hall–Kier alpha value is -1.23. The van der Waals surface area contributed by atoms with Gasteiger partial charge in [0.1, 0.15) is 0 Å². The van der Waals surface area contributed by atoms with Gasteiger partial charge in [-0.05, 0) is 6.92 Å². The van der Waals surface area contributed by atoms with E-state index in [1.807, 2.05) is 13.1 Å². The number of terminal acetylenes is 1. The predicted molar refractivity (Wildman–Crippen MR) is 35.8 cm³/mol. The van der Waals surface area contributed by atoms with E-state index in [0.717, 1.165) is 5.56 Å². The second kappa shape index (κ2) is 2.36. The largest absolute Gasteiger partial charge is 0.285 e. The van der Waals surface area contributed by atoms with Crippen LogP contribution in [-0.4, -0.2) is 10.2 Å². The first-order chi connectivity index (χ1) is 4.34. The van der Waals surface area contributed by atoms with E-state index in [0.29, 0.717) is 0 Å². The lowest BCUT2D eigenvalue weighted by Crippen LogP contribution is -1.83. The van der Waals surface area contributed by atoms with Crippen molar-refractivity contribution in [2.75, 3.05) is 0 Å². The van der Waals surface area contributed by atoms with Gasteiger partial charge < -0.3 is 0 Å². The summed E-state index contributed by atoms with van der Waals surface area (Å²) in [7, 11) is 0. The number of nitrogens with one attached hydrogen (secondary N) is 1. The normalized spacial score (nSPS) is 12.4. The van der Waals surface area contributed by atoms with Gasteiger partial charge in [-0.15, -0.1) is 6.42 Å². The van der Waals surface area contributed by atoms with Crippen molar-refractivity contribution in [3.05, 3.63) is 18.0 Å². The minimum Gasteiger partial charge on any atom is -0.285 e. The van der Waals surface area contributed by atoms with E-state index < -0.39 is 0 Å². The third-order valence-electron chi connectivity index (χ3n) is 1.27. The van der Waals surface area contributed by atoms with Crippen LogP contribution in [0.25, 0.3) is 0 Å². The van der Waals surface area contributed by atoms with Gasteiger partial charge in [-0.2, -0.15) is 5.10 Å². The van der Waals surface area contributed by atoms with Gasteiger partial charge in [-0.1, -0.05) is 5.92 Å². The molecule has 1 heterocycles. The zero-order valence-electron chi connectivity index (χ0n) is 5.26. The van der Waals surface area contributed by atoms with E-state index in [2.05, 4.69) is 16.1 Å². The van der Waals surface area contributed by atoms with Crippen LogP contribution in [0, 0.1) is 12.3 Å².